The summed E-state index contributed by atoms with van der Waals surface area (Å²) < 4.78 is 38.7. The van der Waals surface area contributed by atoms with Crippen LogP contribution in [-0.2, 0) is 10.2 Å². The molecule has 0 radical (unpaired) electrons. The molecule has 0 spiro atoms. The van der Waals surface area contributed by atoms with Gasteiger partial charge in [0.25, 0.3) is 0 Å². The Balaban J connectivity index is 1.77. The van der Waals surface area contributed by atoms with Crippen LogP contribution in [0, 0.1) is 0 Å². The predicted molar refractivity (Wildman–Crippen MR) is 66.9 cm³/mol. The van der Waals surface area contributed by atoms with Gasteiger partial charge >= 0.3 is 6.61 Å². The first kappa shape index (κ1) is 13.9. The maximum absolute atomic E-state index is 12.0. The van der Waals surface area contributed by atoms with E-state index in [1.165, 1.54) is 12.3 Å². The van der Waals surface area contributed by atoms with E-state index in [0.717, 1.165) is 12.8 Å². The van der Waals surface area contributed by atoms with Gasteiger partial charge in [0.2, 0.25) is 17.6 Å². The van der Waals surface area contributed by atoms with Crippen LogP contribution >= 0.6 is 0 Å². The van der Waals surface area contributed by atoms with Crippen molar-refractivity contribution in [3.8, 4) is 17.3 Å². The molecule has 1 aliphatic carbocycles. The second-order valence-electron chi connectivity index (χ2n) is 4.90. The standard InChI is InChI=1S/C13H13F2N3O3/c1-19-7-13(4-5-13)11-17-10(18-21-11)8-2-3-9(16-6-8)20-12(14)15/h2-3,6,12H,4-5,7H2,1H3. The largest absolute Gasteiger partial charge is 0.417 e. The van der Waals surface area contributed by atoms with Crippen molar-refractivity contribution in [1.29, 1.82) is 0 Å². The third-order valence-electron chi connectivity index (χ3n) is 3.36. The summed E-state index contributed by atoms with van der Waals surface area (Å²) in [6.07, 6.45) is 3.26. The molecule has 1 aliphatic rings. The fourth-order valence-electron chi connectivity index (χ4n) is 2.08. The van der Waals surface area contributed by atoms with E-state index < -0.39 is 6.61 Å². The maximum atomic E-state index is 12.0. The minimum atomic E-state index is -2.90. The number of aromatic nitrogens is 3. The molecular formula is C13H13F2N3O3. The van der Waals surface area contributed by atoms with Crippen molar-refractivity contribution in [3.05, 3.63) is 24.2 Å². The molecule has 0 aromatic carbocycles. The van der Waals surface area contributed by atoms with Gasteiger partial charge in [0, 0.05) is 24.9 Å². The topological polar surface area (TPSA) is 70.3 Å². The Morgan fingerprint density at radius 2 is 2.19 bits per heavy atom. The normalized spacial score (nSPS) is 16.2. The first-order valence-electron chi connectivity index (χ1n) is 6.37. The summed E-state index contributed by atoms with van der Waals surface area (Å²) in [5.74, 6) is 0.742. The lowest BCUT2D eigenvalue weighted by atomic mass is 10.1. The summed E-state index contributed by atoms with van der Waals surface area (Å²) in [5.41, 5.74) is 0.395. The highest BCUT2D eigenvalue weighted by Crippen LogP contribution is 2.47. The molecule has 0 N–H and O–H groups in total. The van der Waals surface area contributed by atoms with Gasteiger partial charge in [-0.25, -0.2) is 4.98 Å². The number of pyridine rings is 1. The van der Waals surface area contributed by atoms with Gasteiger partial charge in [0.05, 0.1) is 12.0 Å². The molecule has 2 aromatic heterocycles. The fraction of sp³-hybridized carbons (Fsp3) is 0.462. The quantitative estimate of drug-likeness (QED) is 0.815. The lowest BCUT2D eigenvalue weighted by molar-refractivity contribution is -0.0528. The van der Waals surface area contributed by atoms with Crippen molar-refractivity contribution in [2.24, 2.45) is 0 Å². The summed E-state index contributed by atoms with van der Waals surface area (Å²) in [6, 6.07) is 2.88. The zero-order chi connectivity index (χ0) is 14.9. The highest BCUT2D eigenvalue weighted by Gasteiger charge is 2.49. The van der Waals surface area contributed by atoms with Crippen LogP contribution < -0.4 is 4.74 Å². The van der Waals surface area contributed by atoms with Crippen LogP contribution in [0.25, 0.3) is 11.4 Å². The number of alkyl halides is 2. The van der Waals surface area contributed by atoms with Gasteiger partial charge in [-0.1, -0.05) is 5.16 Å². The maximum Gasteiger partial charge on any atom is 0.388 e. The Morgan fingerprint density at radius 1 is 1.38 bits per heavy atom. The highest BCUT2D eigenvalue weighted by atomic mass is 19.3. The average molecular weight is 297 g/mol. The monoisotopic (exact) mass is 297 g/mol. The summed E-state index contributed by atoms with van der Waals surface area (Å²) in [7, 11) is 1.63. The molecular weight excluding hydrogens is 284 g/mol. The lowest BCUT2D eigenvalue weighted by Gasteiger charge is -2.06. The zero-order valence-electron chi connectivity index (χ0n) is 11.3. The van der Waals surface area contributed by atoms with Gasteiger partial charge in [-0.3, -0.25) is 0 Å². The fourth-order valence-corrected chi connectivity index (χ4v) is 2.08. The summed E-state index contributed by atoms with van der Waals surface area (Å²) in [4.78, 5) is 8.11. The molecule has 2 aromatic rings. The van der Waals surface area contributed by atoms with Gasteiger partial charge in [-0.05, 0) is 18.9 Å². The van der Waals surface area contributed by atoms with E-state index >= 15 is 0 Å². The van der Waals surface area contributed by atoms with Gasteiger partial charge in [-0.2, -0.15) is 13.8 Å². The average Bonchev–Trinajstić information content (AvgIpc) is 3.07. The Hall–Kier alpha value is -2.09. The van der Waals surface area contributed by atoms with E-state index in [0.29, 0.717) is 23.9 Å². The van der Waals surface area contributed by atoms with Gasteiger partial charge in [-0.15, -0.1) is 0 Å². The van der Waals surface area contributed by atoms with E-state index in [9.17, 15) is 8.78 Å². The Bertz CT molecular complexity index is 611. The minimum Gasteiger partial charge on any atom is -0.417 e. The van der Waals surface area contributed by atoms with Crippen molar-refractivity contribution in [2.75, 3.05) is 13.7 Å². The molecule has 8 heteroatoms. The van der Waals surface area contributed by atoms with Crippen LogP contribution in [-0.4, -0.2) is 35.5 Å². The number of hydrogen-bond acceptors (Lipinski definition) is 6. The number of nitrogens with zero attached hydrogens (tertiary/aromatic N) is 3. The van der Waals surface area contributed by atoms with Gasteiger partial charge in [0.1, 0.15) is 0 Å². The molecule has 3 rings (SSSR count). The molecule has 1 saturated carbocycles. The third kappa shape index (κ3) is 2.85. The van der Waals surface area contributed by atoms with Crippen molar-refractivity contribution in [3.63, 3.8) is 0 Å². The van der Waals surface area contributed by atoms with Crippen molar-refractivity contribution in [2.45, 2.75) is 24.9 Å². The number of methoxy groups -OCH3 is 1. The molecule has 0 bridgehead atoms. The molecule has 1 fully saturated rings. The molecule has 0 amide bonds. The predicted octanol–water partition coefficient (Wildman–Crippen LogP) is 2.41. The summed E-state index contributed by atoms with van der Waals surface area (Å²) in [5, 5.41) is 3.89. The Morgan fingerprint density at radius 3 is 2.76 bits per heavy atom. The van der Waals surface area contributed by atoms with Crippen LogP contribution in [0.5, 0.6) is 5.88 Å². The molecule has 112 valence electrons. The SMILES string of the molecule is COCC1(c2nc(-c3ccc(OC(F)F)nc3)no2)CC1. The van der Waals surface area contributed by atoms with E-state index in [1.54, 1.807) is 13.2 Å². The third-order valence-corrected chi connectivity index (χ3v) is 3.36. The van der Waals surface area contributed by atoms with Crippen LogP contribution in [0.4, 0.5) is 8.78 Å². The summed E-state index contributed by atoms with van der Waals surface area (Å²) in [6.45, 7) is -2.36. The van der Waals surface area contributed by atoms with Crippen molar-refractivity contribution >= 4 is 0 Å². The second-order valence-corrected chi connectivity index (χ2v) is 4.90. The van der Waals surface area contributed by atoms with Crippen LogP contribution in [0.2, 0.25) is 0 Å². The smallest absolute Gasteiger partial charge is 0.388 e. The number of ether oxygens (including phenoxy) is 2. The molecule has 2 heterocycles. The number of halogens is 2. The molecule has 0 unspecified atom stereocenters. The van der Waals surface area contributed by atoms with Crippen LogP contribution in [0.3, 0.4) is 0 Å². The van der Waals surface area contributed by atoms with Gasteiger partial charge < -0.3 is 14.0 Å². The van der Waals surface area contributed by atoms with Crippen LogP contribution in [0.15, 0.2) is 22.9 Å². The van der Waals surface area contributed by atoms with E-state index in [1.807, 2.05) is 0 Å². The van der Waals surface area contributed by atoms with Gasteiger partial charge in [0.15, 0.2) is 0 Å². The van der Waals surface area contributed by atoms with Crippen molar-refractivity contribution < 1.29 is 22.8 Å². The highest BCUT2D eigenvalue weighted by molar-refractivity contribution is 5.53. The minimum absolute atomic E-state index is 0.157. The number of hydrogen-bond donors (Lipinski definition) is 0. The molecule has 21 heavy (non-hydrogen) atoms. The number of rotatable bonds is 6. The molecule has 0 aliphatic heterocycles. The first-order chi connectivity index (χ1) is 10.1. The molecule has 0 saturated heterocycles. The second kappa shape index (κ2) is 5.36. The van der Waals surface area contributed by atoms with E-state index in [4.69, 9.17) is 9.26 Å². The molecule has 0 atom stereocenters. The Labute approximate surface area is 119 Å². The Kier molecular flexibility index (Phi) is 3.54. The van der Waals surface area contributed by atoms with Crippen molar-refractivity contribution in [1.82, 2.24) is 15.1 Å². The van der Waals surface area contributed by atoms with E-state index in [2.05, 4.69) is 19.9 Å². The first-order valence-corrected chi connectivity index (χ1v) is 6.37. The van der Waals surface area contributed by atoms with E-state index in [-0.39, 0.29) is 11.3 Å². The molecule has 6 nitrogen and oxygen atoms in total. The zero-order valence-corrected chi connectivity index (χ0v) is 11.3. The summed E-state index contributed by atoms with van der Waals surface area (Å²) >= 11 is 0. The van der Waals surface area contributed by atoms with Crippen LogP contribution in [0.1, 0.15) is 18.7 Å². The lowest BCUT2D eigenvalue weighted by Crippen LogP contribution is -2.14.